The number of nitrogens with zero attached hydrogens (tertiary/aromatic N) is 6. The molecule has 0 aliphatic rings. The van der Waals surface area contributed by atoms with E-state index in [4.69, 9.17) is 20.1 Å². The lowest BCUT2D eigenvalue weighted by molar-refractivity contribution is 0.917. The Bertz CT molecular complexity index is 3540. The van der Waals surface area contributed by atoms with Gasteiger partial charge in [-0.2, -0.15) is 5.10 Å². The molecule has 0 radical (unpaired) electrons. The predicted molar refractivity (Wildman–Crippen MR) is 253 cm³/mol. The zero-order valence-electron chi connectivity index (χ0n) is 33.5. The molecule has 6 heteroatoms. The van der Waals surface area contributed by atoms with E-state index in [1.165, 1.54) is 21.8 Å². The maximum atomic E-state index is 5.41. The van der Waals surface area contributed by atoms with Crippen molar-refractivity contribution in [2.45, 2.75) is 0 Å². The molecule has 6 nitrogen and oxygen atoms in total. The summed E-state index contributed by atoms with van der Waals surface area (Å²) in [6, 6.07) is 76.2. The molecule has 0 unspecified atom stereocenters. The molecule has 290 valence electrons. The van der Waals surface area contributed by atoms with Crippen molar-refractivity contribution in [3.63, 3.8) is 0 Å². The summed E-state index contributed by atoms with van der Waals surface area (Å²) in [6.07, 6.45) is 0. The molecule has 0 atom stereocenters. The van der Waals surface area contributed by atoms with Crippen molar-refractivity contribution < 1.29 is 0 Å². The predicted octanol–water partition coefficient (Wildman–Crippen LogP) is 13.8. The van der Waals surface area contributed by atoms with E-state index in [1.54, 1.807) is 0 Å². The molecule has 3 aromatic heterocycles. The van der Waals surface area contributed by atoms with Crippen LogP contribution in [0.4, 0.5) is 0 Å². The normalized spacial score (nSPS) is 11.5. The molecule has 0 fully saturated rings. The standard InChI is InChI=1S/C56H36N6/c1-4-16-37(17-5-1)48-36-42-22-10-11-23-45(42)53-51(48)52(38-18-6-2-7-19-38)60-62(53)44-34-30-41(31-35-44)56-58-54(39-20-8-3-9-21-39)57-55(59-56)40-28-32-43(33-29-40)61-49-26-14-12-24-46(49)47-25-13-15-27-50(47)61/h1-36H. The minimum absolute atomic E-state index is 0.596. The highest BCUT2D eigenvalue weighted by Crippen LogP contribution is 2.42. The van der Waals surface area contributed by atoms with Crippen LogP contribution in [-0.4, -0.2) is 29.3 Å². The van der Waals surface area contributed by atoms with Gasteiger partial charge >= 0.3 is 0 Å². The number of aromatic nitrogens is 6. The van der Waals surface area contributed by atoms with Crippen LogP contribution in [0.1, 0.15) is 0 Å². The number of benzene rings is 9. The summed E-state index contributed by atoms with van der Waals surface area (Å²) in [4.78, 5) is 15.2. The first-order chi connectivity index (χ1) is 30.7. The van der Waals surface area contributed by atoms with E-state index in [0.29, 0.717) is 17.5 Å². The summed E-state index contributed by atoms with van der Waals surface area (Å²) in [7, 11) is 0. The number of hydrogen-bond acceptors (Lipinski definition) is 4. The van der Waals surface area contributed by atoms with Gasteiger partial charge < -0.3 is 4.57 Å². The Hall–Kier alpha value is -8.48. The van der Waals surface area contributed by atoms with Gasteiger partial charge in [-0.25, -0.2) is 19.6 Å². The molecule has 0 saturated heterocycles. The Morgan fingerprint density at radius 2 is 0.774 bits per heavy atom. The minimum atomic E-state index is 0.596. The average molecular weight is 793 g/mol. The second-order valence-corrected chi connectivity index (χ2v) is 15.5. The first-order valence-electron chi connectivity index (χ1n) is 20.8. The van der Waals surface area contributed by atoms with Gasteiger partial charge in [-0.05, 0) is 83.2 Å². The molecule has 9 aromatic carbocycles. The zero-order valence-corrected chi connectivity index (χ0v) is 33.5. The third kappa shape index (κ3) is 5.96. The van der Waals surface area contributed by atoms with Crippen LogP contribution in [0.5, 0.6) is 0 Å². The van der Waals surface area contributed by atoms with Gasteiger partial charge in [-0.3, -0.25) is 0 Å². The lowest BCUT2D eigenvalue weighted by Crippen LogP contribution is -2.01. The molecule has 0 N–H and O–H groups in total. The number of hydrogen-bond donors (Lipinski definition) is 0. The number of rotatable bonds is 7. The molecular formula is C56H36N6. The molecule has 0 aliphatic carbocycles. The van der Waals surface area contributed by atoms with Gasteiger partial charge in [0.2, 0.25) is 0 Å². The smallest absolute Gasteiger partial charge is 0.164 e. The molecular weight excluding hydrogens is 757 g/mol. The molecule has 0 saturated carbocycles. The van der Waals surface area contributed by atoms with E-state index >= 15 is 0 Å². The third-order valence-electron chi connectivity index (χ3n) is 11.8. The fourth-order valence-corrected chi connectivity index (χ4v) is 8.88. The molecule has 3 heterocycles. The van der Waals surface area contributed by atoms with Crippen LogP contribution >= 0.6 is 0 Å². The second kappa shape index (κ2) is 14.7. The van der Waals surface area contributed by atoms with E-state index in [-0.39, 0.29) is 0 Å². The van der Waals surface area contributed by atoms with Crippen molar-refractivity contribution >= 4 is 43.5 Å². The molecule has 62 heavy (non-hydrogen) atoms. The molecule has 12 rings (SSSR count). The molecule has 0 amide bonds. The van der Waals surface area contributed by atoms with Gasteiger partial charge in [0.25, 0.3) is 0 Å². The van der Waals surface area contributed by atoms with E-state index < -0.39 is 0 Å². The summed E-state index contributed by atoms with van der Waals surface area (Å²) in [5.74, 6) is 1.82. The SMILES string of the molecule is c1ccc(-c2nc(-c3ccc(-n4nc(-c5ccccc5)c5c(-c6ccccc6)cc6ccccc6c54)cc3)nc(-c3ccc(-n4c5ccccc5c5ccccc54)cc3)n2)cc1. The van der Waals surface area contributed by atoms with E-state index in [0.717, 1.165) is 72.1 Å². The molecule has 0 aliphatic heterocycles. The monoisotopic (exact) mass is 792 g/mol. The van der Waals surface area contributed by atoms with Crippen LogP contribution in [0.3, 0.4) is 0 Å². The van der Waals surface area contributed by atoms with Gasteiger partial charge in [0.15, 0.2) is 17.5 Å². The summed E-state index contributed by atoms with van der Waals surface area (Å²) in [5.41, 5.74) is 12.4. The van der Waals surface area contributed by atoms with Gasteiger partial charge in [0, 0.05) is 49.5 Å². The highest BCUT2D eigenvalue weighted by molar-refractivity contribution is 6.17. The first-order valence-corrected chi connectivity index (χ1v) is 20.8. The molecule has 0 spiro atoms. The molecule has 0 bridgehead atoms. The van der Waals surface area contributed by atoms with E-state index in [1.807, 2.05) is 36.4 Å². The molecule has 12 aromatic rings. The van der Waals surface area contributed by atoms with E-state index in [9.17, 15) is 0 Å². The highest BCUT2D eigenvalue weighted by atomic mass is 15.3. The zero-order chi connectivity index (χ0) is 41.0. The maximum absolute atomic E-state index is 5.41. The van der Waals surface area contributed by atoms with E-state index in [2.05, 4.69) is 191 Å². The van der Waals surface area contributed by atoms with Crippen molar-refractivity contribution in [2.24, 2.45) is 0 Å². The van der Waals surface area contributed by atoms with Crippen LogP contribution in [0.15, 0.2) is 218 Å². The van der Waals surface area contributed by atoms with Crippen molar-refractivity contribution in [3.05, 3.63) is 218 Å². The van der Waals surface area contributed by atoms with Gasteiger partial charge in [0.1, 0.15) is 5.69 Å². The van der Waals surface area contributed by atoms with Crippen molar-refractivity contribution in [3.8, 4) is 67.9 Å². The van der Waals surface area contributed by atoms with Crippen LogP contribution in [-0.2, 0) is 0 Å². The van der Waals surface area contributed by atoms with Crippen LogP contribution in [0, 0.1) is 0 Å². The first kappa shape index (κ1) is 35.5. The fourth-order valence-electron chi connectivity index (χ4n) is 8.88. The van der Waals surface area contributed by atoms with Crippen molar-refractivity contribution in [1.82, 2.24) is 29.3 Å². The Kier molecular flexibility index (Phi) is 8.38. The largest absolute Gasteiger partial charge is 0.309 e. The maximum Gasteiger partial charge on any atom is 0.164 e. The second-order valence-electron chi connectivity index (χ2n) is 15.5. The summed E-state index contributed by atoms with van der Waals surface area (Å²) >= 11 is 0. The van der Waals surface area contributed by atoms with Gasteiger partial charge in [-0.15, -0.1) is 0 Å². The van der Waals surface area contributed by atoms with Gasteiger partial charge in [0.05, 0.1) is 22.2 Å². The summed E-state index contributed by atoms with van der Waals surface area (Å²) < 4.78 is 4.42. The van der Waals surface area contributed by atoms with Crippen molar-refractivity contribution in [1.29, 1.82) is 0 Å². The van der Waals surface area contributed by atoms with Gasteiger partial charge in [-0.1, -0.05) is 152 Å². The Morgan fingerprint density at radius 1 is 0.339 bits per heavy atom. The van der Waals surface area contributed by atoms with Crippen LogP contribution in [0.25, 0.3) is 111 Å². The topological polar surface area (TPSA) is 61.4 Å². The highest BCUT2D eigenvalue weighted by Gasteiger charge is 2.22. The lowest BCUT2D eigenvalue weighted by atomic mass is 9.94. The fraction of sp³-hybridized carbons (Fsp3) is 0. The van der Waals surface area contributed by atoms with Crippen molar-refractivity contribution in [2.75, 3.05) is 0 Å². The minimum Gasteiger partial charge on any atom is -0.309 e. The number of para-hydroxylation sites is 2. The van der Waals surface area contributed by atoms with Crippen LogP contribution < -0.4 is 0 Å². The van der Waals surface area contributed by atoms with Crippen LogP contribution in [0.2, 0.25) is 0 Å². The summed E-state index contributed by atoms with van der Waals surface area (Å²) in [6.45, 7) is 0. The lowest BCUT2D eigenvalue weighted by Gasteiger charge is -2.12. The Balaban J connectivity index is 0.986. The summed E-state index contributed by atoms with van der Waals surface area (Å²) in [5, 5.41) is 11.3. The Labute approximate surface area is 357 Å². The third-order valence-corrected chi connectivity index (χ3v) is 11.8. The average Bonchev–Trinajstić information content (AvgIpc) is 3.92. The Morgan fingerprint density at radius 3 is 1.34 bits per heavy atom. The number of fused-ring (bicyclic) bond motifs is 6. The quantitative estimate of drug-likeness (QED) is 0.161.